The number of hydrogen-bond acceptors (Lipinski definition) is 7. The average Bonchev–Trinajstić information content (AvgIpc) is 3.70. The van der Waals surface area contributed by atoms with E-state index >= 15 is 0 Å². The zero-order valence-electron chi connectivity index (χ0n) is 24.5. The molecule has 3 aromatic rings. The molecule has 1 saturated heterocycles. The Labute approximate surface area is 268 Å². The summed E-state index contributed by atoms with van der Waals surface area (Å²) in [5.74, 6) is -2.89. The molecule has 1 aromatic heterocycles. The van der Waals surface area contributed by atoms with E-state index in [1.54, 1.807) is 17.8 Å². The summed E-state index contributed by atoms with van der Waals surface area (Å²) in [6.45, 7) is 6.17. The molecule has 2 aromatic carbocycles. The summed E-state index contributed by atoms with van der Waals surface area (Å²) in [5, 5.41) is 11.3. The van der Waals surface area contributed by atoms with E-state index in [0.717, 1.165) is 31.5 Å². The van der Waals surface area contributed by atoms with Crippen LogP contribution >= 0.6 is 34.7 Å². The number of hydrogen-bond donors (Lipinski definition) is 2. The van der Waals surface area contributed by atoms with Crippen molar-refractivity contribution < 1.29 is 24.2 Å². The van der Waals surface area contributed by atoms with Crippen molar-refractivity contribution in [3.63, 3.8) is 0 Å². The maximum absolute atomic E-state index is 14.0. The normalized spacial score (nSPS) is 29.1. The van der Waals surface area contributed by atoms with Gasteiger partial charge in [0.05, 0.1) is 16.9 Å². The molecule has 2 aliphatic carbocycles. The summed E-state index contributed by atoms with van der Waals surface area (Å²) in [5.41, 5.74) is 3.04. The molecule has 2 aliphatic heterocycles. The van der Waals surface area contributed by atoms with Crippen molar-refractivity contribution in [1.29, 1.82) is 0 Å². The van der Waals surface area contributed by atoms with E-state index in [0.29, 0.717) is 23.8 Å². The number of ether oxygens (including phenoxy) is 1. The van der Waals surface area contributed by atoms with E-state index in [1.165, 1.54) is 11.3 Å². The maximum atomic E-state index is 14.0. The molecule has 44 heavy (non-hydrogen) atoms. The number of fused-ring (bicyclic) bond motifs is 9. The van der Waals surface area contributed by atoms with Crippen LogP contribution in [0, 0.1) is 42.4 Å². The Hall–Kier alpha value is -3.08. The van der Waals surface area contributed by atoms with Gasteiger partial charge in [-0.1, -0.05) is 66.6 Å². The van der Waals surface area contributed by atoms with E-state index in [-0.39, 0.29) is 57.9 Å². The number of carboxylic acids is 1. The quantitative estimate of drug-likeness (QED) is 0.289. The number of nitrogens with zero attached hydrogens (tertiary/aromatic N) is 1. The van der Waals surface area contributed by atoms with Gasteiger partial charge in [-0.25, -0.2) is 4.79 Å². The number of likely N-dealkylation sites (tertiary alicyclic amines) is 1. The molecule has 8 atom stereocenters. The van der Waals surface area contributed by atoms with Crippen LogP contribution in [0.3, 0.4) is 0 Å². The largest absolute Gasteiger partial charge is 0.489 e. The summed E-state index contributed by atoms with van der Waals surface area (Å²) < 4.78 is 6.41. The lowest BCUT2D eigenvalue weighted by atomic mass is 9.68. The molecule has 4 aliphatic rings. The van der Waals surface area contributed by atoms with Crippen LogP contribution in [0.15, 0.2) is 52.3 Å². The van der Waals surface area contributed by atoms with Crippen LogP contribution in [0.4, 0.5) is 0 Å². The number of nitrogens with one attached hydrogen (secondary N) is 1. The fourth-order valence-corrected chi connectivity index (χ4v) is 11.3. The zero-order valence-corrected chi connectivity index (χ0v) is 26.9. The molecule has 0 radical (unpaired) electrons. The fraction of sp³-hybridized carbons (Fsp3) is 0.455. The van der Waals surface area contributed by atoms with Gasteiger partial charge in [0.1, 0.15) is 18.4 Å². The summed E-state index contributed by atoms with van der Waals surface area (Å²) in [7, 11) is 0. The minimum absolute atomic E-state index is 0.00495. The number of aromatic amines is 1. The van der Waals surface area contributed by atoms with Gasteiger partial charge >= 0.3 is 10.8 Å². The minimum Gasteiger partial charge on any atom is -0.489 e. The van der Waals surface area contributed by atoms with Gasteiger partial charge in [0.2, 0.25) is 11.8 Å². The van der Waals surface area contributed by atoms with E-state index in [1.807, 2.05) is 57.2 Å². The Morgan fingerprint density at radius 2 is 1.80 bits per heavy atom. The topological polar surface area (TPSA) is 117 Å². The first-order valence-electron chi connectivity index (χ1n) is 15.0. The molecular weight excluding hydrogens is 620 g/mol. The summed E-state index contributed by atoms with van der Waals surface area (Å²) >= 11 is 9.36. The highest BCUT2D eigenvalue weighted by Gasteiger charge is 2.70. The van der Waals surface area contributed by atoms with Crippen molar-refractivity contribution in [2.45, 2.75) is 62.5 Å². The molecule has 2 saturated carbocycles. The van der Waals surface area contributed by atoms with Crippen LogP contribution in [0.2, 0.25) is 5.02 Å². The predicted molar refractivity (Wildman–Crippen MR) is 168 cm³/mol. The second-order valence-corrected chi connectivity index (χ2v) is 15.6. The van der Waals surface area contributed by atoms with Crippen LogP contribution in [0.5, 0.6) is 5.75 Å². The molecule has 11 heteroatoms. The molecule has 0 spiro atoms. The molecule has 2 bridgehead atoms. The van der Waals surface area contributed by atoms with Gasteiger partial charge in [-0.15, -0.1) is 11.8 Å². The number of halogens is 1. The number of aromatic nitrogens is 1. The number of thioether (sulfide) groups is 1. The van der Waals surface area contributed by atoms with E-state index < -0.39 is 23.8 Å². The lowest BCUT2D eigenvalue weighted by Crippen LogP contribution is -2.47. The molecule has 3 fully saturated rings. The Morgan fingerprint density at radius 3 is 2.48 bits per heavy atom. The van der Waals surface area contributed by atoms with Crippen LogP contribution in [-0.2, 0) is 21.0 Å². The molecule has 7 rings (SSSR count). The number of carboxylic acid groups (broad SMARTS) is 1. The van der Waals surface area contributed by atoms with Gasteiger partial charge in [0.25, 0.3) is 0 Å². The van der Waals surface area contributed by atoms with E-state index in [9.17, 15) is 24.3 Å². The molecule has 3 heterocycles. The molecule has 2 amide bonds. The standard InChI is InChI=1S/C33H33ClN2O6S2/c1-14(2)10-21(32(39)40)36-30(37)25-19-12-20(26(25)31(36)38)27-24(19)23(28-29(43-27)35-33(41)44-28)18-11-17(34)8-9-22(18)42-13-16-6-4-15(3)5-7-16/h4-9,11,14,19-21,23-27H,10,12-13H2,1-3H3,(H,35,41)(H,39,40)/t19?,20?,21?,23-,24?,25?,26?,27?/m1/s1. The predicted octanol–water partition coefficient (Wildman–Crippen LogP) is 5.95. The number of rotatable bonds is 8. The highest BCUT2D eigenvalue weighted by Crippen LogP contribution is 2.69. The lowest BCUT2D eigenvalue weighted by molar-refractivity contribution is -0.156. The van der Waals surface area contributed by atoms with Crippen molar-refractivity contribution in [3.8, 4) is 5.75 Å². The Morgan fingerprint density at radius 1 is 1.09 bits per heavy atom. The lowest BCUT2D eigenvalue weighted by Gasteiger charge is -2.43. The van der Waals surface area contributed by atoms with Crippen molar-refractivity contribution in [2.24, 2.45) is 35.5 Å². The number of benzene rings is 2. The number of aliphatic carboxylic acids is 1. The third-order valence-corrected chi connectivity index (χ3v) is 12.7. The number of H-pyrrole nitrogens is 1. The number of thiazole rings is 1. The monoisotopic (exact) mass is 652 g/mol. The minimum atomic E-state index is -1.17. The first-order valence-corrected chi connectivity index (χ1v) is 17.1. The van der Waals surface area contributed by atoms with Gasteiger partial charge in [-0.3, -0.25) is 19.3 Å². The zero-order chi connectivity index (χ0) is 31.0. The second-order valence-electron chi connectivity index (χ2n) is 12.9. The Balaban J connectivity index is 1.28. The van der Waals surface area contributed by atoms with Crippen LogP contribution in [0.25, 0.3) is 0 Å². The van der Waals surface area contributed by atoms with Gasteiger partial charge in [-0.2, -0.15) is 0 Å². The van der Waals surface area contributed by atoms with Gasteiger partial charge in [0.15, 0.2) is 0 Å². The first-order chi connectivity index (χ1) is 21.0. The highest BCUT2D eigenvalue weighted by atomic mass is 35.5. The average molecular weight is 653 g/mol. The SMILES string of the molecule is Cc1ccc(COc2ccc(Cl)cc2[C@H]2c3sc(=O)[nH]c3SC3C4CC(C5C(=O)N(C(CC(C)C)C(=O)O)C(=O)C45)C32)cc1. The third-order valence-electron chi connectivity index (χ3n) is 9.87. The fourth-order valence-electron chi connectivity index (χ4n) is 8.20. The Kier molecular flexibility index (Phi) is 7.45. The molecule has 2 N–H and O–H groups in total. The third kappa shape index (κ3) is 4.72. The summed E-state index contributed by atoms with van der Waals surface area (Å²) in [6, 6.07) is 12.5. The van der Waals surface area contributed by atoms with Crippen LogP contribution < -0.4 is 9.61 Å². The van der Waals surface area contributed by atoms with Gasteiger partial charge in [-0.05, 0) is 67.2 Å². The van der Waals surface area contributed by atoms with Crippen molar-refractivity contribution in [2.75, 3.05) is 0 Å². The smallest absolute Gasteiger partial charge is 0.326 e. The van der Waals surface area contributed by atoms with E-state index in [4.69, 9.17) is 16.3 Å². The van der Waals surface area contributed by atoms with Crippen molar-refractivity contribution in [3.05, 3.63) is 78.7 Å². The number of imide groups is 1. The number of carbonyl (C=O) groups excluding carboxylic acids is 2. The van der Waals surface area contributed by atoms with Gasteiger partial charge in [0, 0.05) is 26.6 Å². The van der Waals surface area contributed by atoms with Crippen molar-refractivity contribution in [1.82, 2.24) is 9.88 Å². The van der Waals surface area contributed by atoms with Crippen LogP contribution in [0.1, 0.15) is 54.2 Å². The number of carbonyl (C=O) groups is 3. The second kappa shape index (κ2) is 11.1. The summed E-state index contributed by atoms with van der Waals surface area (Å²) in [4.78, 5) is 57.7. The van der Waals surface area contributed by atoms with Crippen LogP contribution in [-0.4, -0.2) is 44.1 Å². The van der Waals surface area contributed by atoms with Gasteiger partial charge < -0.3 is 14.8 Å². The Bertz CT molecular complexity index is 1720. The van der Waals surface area contributed by atoms with E-state index in [2.05, 4.69) is 4.98 Å². The number of amides is 2. The molecule has 7 unspecified atom stereocenters. The summed E-state index contributed by atoms with van der Waals surface area (Å²) in [6.07, 6.45) is 0.926. The van der Waals surface area contributed by atoms with Crippen molar-refractivity contribution >= 4 is 52.5 Å². The molecule has 230 valence electrons. The number of aryl methyl sites for hydroxylation is 1. The molecular formula is C33H33ClN2O6S2. The maximum Gasteiger partial charge on any atom is 0.326 e. The highest BCUT2D eigenvalue weighted by molar-refractivity contribution is 8.00. The molecule has 8 nitrogen and oxygen atoms in total. The first kappa shape index (κ1) is 29.6.